The summed E-state index contributed by atoms with van der Waals surface area (Å²) in [5, 5.41) is 3.27. The SMILES string of the molecule is Cc1ncncc1C(=O)Nc1ccc(-c2cc(Oc3ncccn3)ccc2Cl)cn1. The minimum Gasteiger partial charge on any atom is -0.424 e. The molecule has 0 aliphatic carbocycles. The first-order valence-electron chi connectivity index (χ1n) is 8.89. The number of anilines is 1. The van der Waals surface area contributed by atoms with Gasteiger partial charge in [-0.25, -0.2) is 24.9 Å². The Morgan fingerprint density at radius 2 is 1.87 bits per heavy atom. The zero-order valence-electron chi connectivity index (χ0n) is 15.8. The monoisotopic (exact) mass is 418 g/mol. The molecule has 148 valence electrons. The van der Waals surface area contributed by atoms with Gasteiger partial charge in [-0.3, -0.25) is 4.79 Å². The first-order chi connectivity index (χ1) is 14.6. The van der Waals surface area contributed by atoms with Crippen LogP contribution in [0.3, 0.4) is 0 Å². The predicted molar refractivity (Wildman–Crippen MR) is 112 cm³/mol. The lowest BCUT2D eigenvalue weighted by atomic mass is 10.1. The van der Waals surface area contributed by atoms with E-state index in [-0.39, 0.29) is 11.9 Å². The van der Waals surface area contributed by atoms with Crippen LogP contribution in [0.4, 0.5) is 5.82 Å². The Morgan fingerprint density at radius 3 is 2.60 bits per heavy atom. The van der Waals surface area contributed by atoms with Gasteiger partial charge < -0.3 is 10.1 Å². The van der Waals surface area contributed by atoms with E-state index in [0.717, 1.165) is 11.1 Å². The summed E-state index contributed by atoms with van der Waals surface area (Å²) < 4.78 is 5.66. The number of carbonyl (C=O) groups excluding carboxylic acids is 1. The third-order valence-electron chi connectivity index (χ3n) is 4.16. The molecule has 0 atom stereocenters. The standard InChI is InChI=1S/C21H15ClN6O2/c1-13-17(11-23-12-27-13)20(29)28-19-6-3-14(10-26-19)16-9-15(4-5-18(16)22)30-21-24-7-2-8-25-21/h2-12H,1H3,(H,26,28,29). The Kier molecular flexibility index (Phi) is 5.58. The highest BCUT2D eigenvalue weighted by Crippen LogP contribution is 2.32. The Balaban J connectivity index is 1.53. The summed E-state index contributed by atoms with van der Waals surface area (Å²) >= 11 is 6.36. The molecule has 0 aliphatic rings. The summed E-state index contributed by atoms with van der Waals surface area (Å²) in [7, 11) is 0. The van der Waals surface area contributed by atoms with Gasteiger partial charge in [-0.15, -0.1) is 0 Å². The first-order valence-corrected chi connectivity index (χ1v) is 9.27. The quantitative estimate of drug-likeness (QED) is 0.514. The summed E-state index contributed by atoms with van der Waals surface area (Å²) in [6, 6.07) is 10.7. The Bertz CT molecular complexity index is 1190. The van der Waals surface area contributed by atoms with Crippen LogP contribution in [-0.2, 0) is 0 Å². The van der Waals surface area contributed by atoms with Gasteiger partial charge in [-0.05, 0) is 43.3 Å². The van der Waals surface area contributed by atoms with Crippen molar-refractivity contribution in [2.75, 3.05) is 5.32 Å². The van der Waals surface area contributed by atoms with Crippen LogP contribution in [0.15, 0.2) is 67.5 Å². The number of nitrogens with zero attached hydrogens (tertiary/aromatic N) is 5. The van der Waals surface area contributed by atoms with Gasteiger partial charge in [0.1, 0.15) is 17.9 Å². The van der Waals surface area contributed by atoms with E-state index < -0.39 is 0 Å². The third kappa shape index (κ3) is 4.39. The normalized spacial score (nSPS) is 10.5. The number of hydrogen-bond donors (Lipinski definition) is 1. The maximum Gasteiger partial charge on any atom is 0.321 e. The molecule has 0 fully saturated rings. The van der Waals surface area contributed by atoms with Crippen LogP contribution >= 0.6 is 11.6 Å². The lowest BCUT2D eigenvalue weighted by Crippen LogP contribution is -2.15. The van der Waals surface area contributed by atoms with E-state index in [1.54, 1.807) is 61.9 Å². The number of halogens is 1. The van der Waals surface area contributed by atoms with E-state index in [4.69, 9.17) is 16.3 Å². The largest absolute Gasteiger partial charge is 0.424 e. The summed E-state index contributed by atoms with van der Waals surface area (Å²) in [5.41, 5.74) is 2.46. The second kappa shape index (κ2) is 8.62. The van der Waals surface area contributed by atoms with Crippen molar-refractivity contribution in [1.82, 2.24) is 24.9 Å². The number of nitrogens with one attached hydrogen (secondary N) is 1. The van der Waals surface area contributed by atoms with Gasteiger partial charge in [0.2, 0.25) is 0 Å². The van der Waals surface area contributed by atoms with Gasteiger partial charge in [-0.2, -0.15) is 0 Å². The second-order valence-corrected chi connectivity index (χ2v) is 6.59. The van der Waals surface area contributed by atoms with Crippen LogP contribution in [0, 0.1) is 6.92 Å². The molecule has 4 aromatic rings. The summed E-state index contributed by atoms with van der Waals surface area (Å²) in [5.74, 6) is 0.607. The smallest absolute Gasteiger partial charge is 0.321 e. The van der Waals surface area contributed by atoms with Gasteiger partial charge in [0.15, 0.2) is 0 Å². The van der Waals surface area contributed by atoms with E-state index in [0.29, 0.717) is 27.8 Å². The summed E-state index contributed by atoms with van der Waals surface area (Å²) in [4.78, 5) is 32.7. The first kappa shape index (κ1) is 19.4. The minimum atomic E-state index is -0.329. The van der Waals surface area contributed by atoms with Crippen molar-refractivity contribution < 1.29 is 9.53 Å². The lowest BCUT2D eigenvalue weighted by Gasteiger charge is -2.10. The molecule has 3 heterocycles. The number of ether oxygens (including phenoxy) is 1. The number of rotatable bonds is 5. The molecule has 0 radical (unpaired) electrons. The van der Waals surface area contributed by atoms with Gasteiger partial charge in [0.25, 0.3) is 5.91 Å². The second-order valence-electron chi connectivity index (χ2n) is 6.18. The average molecular weight is 419 g/mol. The van der Waals surface area contributed by atoms with Crippen molar-refractivity contribution in [3.63, 3.8) is 0 Å². The Morgan fingerprint density at radius 1 is 1.03 bits per heavy atom. The molecule has 1 amide bonds. The fraction of sp³-hybridized carbons (Fsp3) is 0.0476. The molecule has 1 aromatic carbocycles. The fourth-order valence-corrected chi connectivity index (χ4v) is 2.88. The van der Waals surface area contributed by atoms with E-state index in [9.17, 15) is 4.79 Å². The molecule has 1 N–H and O–H groups in total. The van der Waals surface area contributed by atoms with Crippen LogP contribution in [0.25, 0.3) is 11.1 Å². The van der Waals surface area contributed by atoms with Crippen LogP contribution in [0.1, 0.15) is 16.1 Å². The van der Waals surface area contributed by atoms with Crippen LogP contribution in [0.5, 0.6) is 11.8 Å². The number of aromatic nitrogens is 5. The van der Waals surface area contributed by atoms with Crippen molar-refractivity contribution in [2.24, 2.45) is 0 Å². The number of carbonyl (C=O) groups is 1. The van der Waals surface area contributed by atoms with Crippen LogP contribution < -0.4 is 10.1 Å². The molecular weight excluding hydrogens is 404 g/mol. The number of benzene rings is 1. The van der Waals surface area contributed by atoms with Crippen LogP contribution in [0.2, 0.25) is 5.02 Å². The minimum absolute atomic E-state index is 0.238. The highest BCUT2D eigenvalue weighted by Gasteiger charge is 2.12. The highest BCUT2D eigenvalue weighted by molar-refractivity contribution is 6.33. The third-order valence-corrected chi connectivity index (χ3v) is 4.49. The molecule has 0 unspecified atom stereocenters. The van der Waals surface area contributed by atoms with Gasteiger partial charge in [0, 0.05) is 40.9 Å². The molecule has 0 aliphatic heterocycles. The highest BCUT2D eigenvalue weighted by atomic mass is 35.5. The number of aryl methyl sites for hydroxylation is 1. The van der Waals surface area contributed by atoms with Crippen molar-refractivity contribution in [2.45, 2.75) is 6.92 Å². The van der Waals surface area contributed by atoms with Gasteiger partial charge >= 0.3 is 6.01 Å². The molecule has 0 saturated heterocycles. The number of hydrogen-bond acceptors (Lipinski definition) is 7. The Labute approximate surface area is 177 Å². The molecule has 9 heteroatoms. The van der Waals surface area contributed by atoms with E-state index in [2.05, 4.69) is 30.2 Å². The van der Waals surface area contributed by atoms with Crippen molar-refractivity contribution in [3.05, 3.63) is 83.8 Å². The van der Waals surface area contributed by atoms with Crippen LogP contribution in [-0.4, -0.2) is 30.8 Å². The molecule has 30 heavy (non-hydrogen) atoms. The molecule has 0 saturated carbocycles. The zero-order valence-corrected chi connectivity index (χ0v) is 16.5. The fourth-order valence-electron chi connectivity index (χ4n) is 2.66. The van der Waals surface area contributed by atoms with E-state index >= 15 is 0 Å². The average Bonchev–Trinajstić information content (AvgIpc) is 2.77. The van der Waals surface area contributed by atoms with E-state index in [1.165, 1.54) is 12.5 Å². The summed E-state index contributed by atoms with van der Waals surface area (Å²) in [6.07, 6.45) is 7.67. The zero-order chi connectivity index (χ0) is 20.9. The van der Waals surface area contributed by atoms with Crippen molar-refractivity contribution in [1.29, 1.82) is 0 Å². The van der Waals surface area contributed by atoms with Crippen molar-refractivity contribution >= 4 is 23.3 Å². The molecule has 4 rings (SSSR count). The topological polar surface area (TPSA) is 103 Å². The number of amides is 1. The maximum absolute atomic E-state index is 12.4. The van der Waals surface area contributed by atoms with E-state index in [1.807, 2.05) is 0 Å². The molecule has 8 nitrogen and oxygen atoms in total. The predicted octanol–water partition coefficient (Wildman–Crippen LogP) is 4.34. The maximum atomic E-state index is 12.4. The molecule has 0 spiro atoms. The van der Waals surface area contributed by atoms with Crippen molar-refractivity contribution in [3.8, 4) is 22.9 Å². The summed E-state index contributed by atoms with van der Waals surface area (Å²) in [6.45, 7) is 1.74. The Hall–Kier alpha value is -3.91. The van der Waals surface area contributed by atoms with Gasteiger partial charge in [0.05, 0.1) is 11.3 Å². The lowest BCUT2D eigenvalue weighted by molar-refractivity contribution is 0.102. The number of pyridine rings is 1. The molecule has 3 aromatic heterocycles. The van der Waals surface area contributed by atoms with Gasteiger partial charge in [-0.1, -0.05) is 11.6 Å². The molecular formula is C21H15ClN6O2. The molecule has 0 bridgehead atoms.